The Hall–Kier alpha value is -2.33. The number of carbonyl (C=O) groups excluding carboxylic acids is 1. The van der Waals surface area contributed by atoms with Crippen molar-refractivity contribution in [2.45, 2.75) is 59.2 Å². The van der Waals surface area contributed by atoms with Crippen molar-refractivity contribution in [3.63, 3.8) is 0 Å². The van der Waals surface area contributed by atoms with Crippen LogP contribution in [0.15, 0.2) is 4.79 Å². The van der Waals surface area contributed by atoms with Gasteiger partial charge in [0.15, 0.2) is 10.6 Å². The van der Waals surface area contributed by atoms with Crippen LogP contribution in [0, 0.1) is 11.7 Å². The molecule has 0 unspecified atom stereocenters. The van der Waals surface area contributed by atoms with Crippen LogP contribution >= 0.6 is 23.6 Å². The second-order valence-corrected chi connectivity index (χ2v) is 8.29. The molecule has 3 aromatic heterocycles. The molecule has 1 aliphatic rings. The van der Waals surface area contributed by atoms with Crippen molar-refractivity contribution in [2.24, 2.45) is 0 Å². The summed E-state index contributed by atoms with van der Waals surface area (Å²) < 4.78 is 4.15. The smallest absolute Gasteiger partial charge is 0.262 e. The predicted octanol–water partition coefficient (Wildman–Crippen LogP) is 2.70. The number of amides is 1. The van der Waals surface area contributed by atoms with Crippen LogP contribution in [0.25, 0.3) is 10.2 Å². The minimum atomic E-state index is -0.225. The topological polar surface area (TPSA) is 97.6 Å². The summed E-state index contributed by atoms with van der Waals surface area (Å²) in [6, 6.07) is 0. The first-order valence-electron chi connectivity index (χ1n) is 9.46. The molecule has 8 nitrogen and oxygen atoms in total. The summed E-state index contributed by atoms with van der Waals surface area (Å²) in [6.45, 7) is 5.43. The first-order valence-corrected chi connectivity index (χ1v) is 10.7. The van der Waals surface area contributed by atoms with Crippen LogP contribution in [-0.4, -0.2) is 30.2 Å². The van der Waals surface area contributed by atoms with Gasteiger partial charge in [0.05, 0.1) is 16.8 Å². The second-order valence-electron chi connectivity index (χ2n) is 6.90. The van der Waals surface area contributed by atoms with Crippen LogP contribution < -0.4 is 10.9 Å². The maximum absolute atomic E-state index is 13.0. The van der Waals surface area contributed by atoms with E-state index in [4.69, 9.17) is 17.2 Å². The molecule has 0 aliphatic carbocycles. The summed E-state index contributed by atoms with van der Waals surface area (Å²) in [5, 5.41) is 10.4. The summed E-state index contributed by atoms with van der Waals surface area (Å²) >= 11 is 6.46. The van der Waals surface area contributed by atoms with Crippen LogP contribution in [0.5, 0.6) is 0 Å². The normalized spacial score (nSPS) is 14.1. The van der Waals surface area contributed by atoms with Crippen molar-refractivity contribution in [1.82, 2.24) is 29.6 Å². The van der Waals surface area contributed by atoms with Gasteiger partial charge >= 0.3 is 0 Å². The highest BCUT2D eigenvalue weighted by Gasteiger charge is 2.22. The fourth-order valence-corrected chi connectivity index (χ4v) is 5.06. The highest BCUT2D eigenvalue weighted by Crippen LogP contribution is 2.28. The van der Waals surface area contributed by atoms with E-state index in [2.05, 4.69) is 15.5 Å². The zero-order chi connectivity index (χ0) is 19.8. The number of hydrogen-bond acceptors (Lipinski definition) is 6. The van der Waals surface area contributed by atoms with Crippen molar-refractivity contribution in [1.29, 1.82) is 0 Å². The van der Waals surface area contributed by atoms with E-state index in [9.17, 15) is 9.59 Å². The lowest BCUT2D eigenvalue weighted by atomic mass is 10.2. The molecule has 0 saturated heterocycles. The standard InChI is InChI=1S/C18H22N6O2S2/c1-3-23-12(21-22-18(23)27)9-19-15(25)14-10(2)13-16(28-14)20-11-7-5-4-6-8-24(11)17(13)26/h3-9H2,1-2H3,(H,19,25)(H,22,27). The van der Waals surface area contributed by atoms with E-state index >= 15 is 0 Å². The highest BCUT2D eigenvalue weighted by atomic mass is 32.1. The highest BCUT2D eigenvalue weighted by molar-refractivity contribution is 7.71. The Morgan fingerprint density at radius 2 is 2.18 bits per heavy atom. The van der Waals surface area contributed by atoms with Gasteiger partial charge in [0.25, 0.3) is 11.5 Å². The van der Waals surface area contributed by atoms with Gasteiger partial charge in [-0.05, 0) is 44.5 Å². The largest absolute Gasteiger partial charge is 0.344 e. The molecular formula is C18H22N6O2S2. The van der Waals surface area contributed by atoms with E-state index in [1.165, 1.54) is 11.3 Å². The Kier molecular flexibility index (Phi) is 5.15. The number of nitrogens with one attached hydrogen (secondary N) is 2. The van der Waals surface area contributed by atoms with Gasteiger partial charge < -0.3 is 9.88 Å². The lowest BCUT2D eigenvalue weighted by Crippen LogP contribution is -2.25. The Bertz CT molecular complexity index is 1170. The van der Waals surface area contributed by atoms with E-state index in [-0.39, 0.29) is 18.0 Å². The predicted molar refractivity (Wildman–Crippen MR) is 110 cm³/mol. The van der Waals surface area contributed by atoms with Gasteiger partial charge in [0.2, 0.25) is 0 Å². The molecule has 3 aromatic rings. The number of H-pyrrole nitrogens is 1. The fraction of sp³-hybridized carbons (Fsp3) is 0.500. The Morgan fingerprint density at radius 3 is 2.96 bits per heavy atom. The number of carbonyl (C=O) groups is 1. The molecule has 148 valence electrons. The molecule has 4 heterocycles. The number of rotatable bonds is 4. The SMILES string of the molecule is CCn1c(CNC(=O)c2sc3nc4n(c(=O)c3c2C)CCCCC4)n[nH]c1=S. The number of hydrogen-bond donors (Lipinski definition) is 2. The van der Waals surface area contributed by atoms with Crippen LogP contribution in [0.1, 0.15) is 53.1 Å². The summed E-state index contributed by atoms with van der Waals surface area (Å²) in [5.74, 6) is 1.28. The summed E-state index contributed by atoms with van der Waals surface area (Å²) in [4.78, 5) is 31.7. The van der Waals surface area contributed by atoms with Gasteiger partial charge in [0.1, 0.15) is 10.7 Å². The average molecular weight is 419 g/mol. The minimum absolute atomic E-state index is 0.0263. The van der Waals surface area contributed by atoms with Gasteiger partial charge in [-0.15, -0.1) is 11.3 Å². The lowest BCUT2D eigenvalue weighted by Gasteiger charge is -2.08. The summed E-state index contributed by atoms with van der Waals surface area (Å²) in [5.41, 5.74) is 0.672. The van der Waals surface area contributed by atoms with E-state index in [0.29, 0.717) is 44.3 Å². The van der Waals surface area contributed by atoms with Crippen LogP contribution in [0.2, 0.25) is 0 Å². The molecule has 4 rings (SSSR count). The first kappa shape index (κ1) is 19.0. The van der Waals surface area contributed by atoms with E-state index in [1.54, 1.807) is 4.57 Å². The second kappa shape index (κ2) is 7.59. The Morgan fingerprint density at radius 1 is 1.36 bits per heavy atom. The average Bonchev–Trinajstić information content (AvgIpc) is 3.09. The van der Waals surface area contributed by atoms with Gasteiger partial charge in [-0.2, -0.15) is 5.10 Å². The number of aryl methyl sites for hydroxylation is 2. The fourth-order valence-electron chi connectivity index (χ4n) is 3.68. The number of nitrogens with zero attached hydrogens (tertiary/aromatic N) is 4. The molecule has 1 amide bonds. The molecule has 28 heavy (non-hydrogen) atoms. The molecule has 0 spiro atoms. The van der Waals surface area contributed by atoms with Crippen molar-refractivity contribution >= 4 is 39.7 Å². The van der Waals surface area contributed by atoms with Crippen molar-refractivity contribution < 1.29 is 4.79 Å². The van der Waals surface area contributed by atoms with E-state index < -0.39 is 0 Å². The number of aromatic amines is 1. The molecule has 10 heteroatoms. The molecule has 0 radical (unpaired) electrons. The first-order chi connectivity index (χ1) is 13.5. The molecule has 0 aromatic carbocycles. The molecule has 0 atom stereocenters. The van der Waals surface area contributed by atoms with Crippen LogP contribution in [0.4, 0.5) is 0 Å². The molecule has 0 bridgehead atoms. The number of fused-ring (bicyclic) bond motifs is 2. The third-order valence-electron chi connectivity index (χ3n) is 5.18. The Balaban J connectivity index is 1.66. The third kappa shape index (κ3) is 3.20. The van der Waals surface area contributed by atoms with Crippen LogP contribution in [-0.2, 0) is 26.1 Å². The number of aromatic nitrogens is 5. The molecule has 0 fully saturated rings. The van der Waals surface area contributed by atoms with Crippen LogP contribution in [0.3, 0.4) is 0 Å². The zero-order valence-corrected chi connectivity index (χ0v) is 17.5. The lowest BCUT2D eigenvalue weighted by molar-refractivity contribution is 0.0953. The van der Waals surface area contributed by atoms with E-state index in [0.717, 1.165) is 31.5 Å². The summed E-state index contributed by atoms with van der Waals surface area (Å²) in [7, 11) is 0. The molecule has 2 N–H and O–H groups in total. The third-order valence-corrected chi connectivity index (χ3v) is 6.67. The minimum Gasteiger partial charge on any atom is -0.344 e. The van der Waals surface area contributed by atoms with E-state index in [1.807, 2.05) is 18.4 Å². The Labute approximate surface area is 170 Å². The quantitative estimate of drug-likeness (QED) is 0.635. The molecular weight excluding hydrogens is 396 g/mol. The maximum Gasteiger partial charge on any atom is 0.262 e. The zero-order valence-electron chi connectivity index (χ0n) is 15.9. The molecule has 1 aliphatic heterocycles. The monoisotopic (exact) mass is 418 g/mol. The van der Waals surface area contributed by atoms with Gasteiger partial charge in [-0.1, -0.05) is 6.42 Å². The van der Waals surface area contributed by atoms with Crippen molar-refractivity contribution in [3.8, 4) is 0 Å². The maximum atomic E-state index is 13.0. The molecule has 0 saturated carbocycles. The van der Waals surface area contributed by atoms with Gasteiger partial charge in [-0.25, -0.2) is 4.98 Å². The number of thiophene rings is 1. The van der Waals surface area contributed by atoms with Crippen molar-refractivity contribution in [2.75, 3.05) is 0 Å². The van der Waals surface area contributed by atoms with Gasteiger partial charge in [0, 0.05) is 19.5 Å². The van der Waals surface area contributed by atoms with Gasteiger partial charge in [-0.3, -0.25) is 19.3 Å². The summed E-state index contributed by atoms with van der Waals surface area (Å²) in [6.07, 6.45) is 3.95. The van der Waals surface area contributed by atoms with Crippen molar-refractivity contribution in [3.05, 3.63) is 37.2 Å².